The molecule has 0 unspecified atom stereocenters. The summed E-state index contributed by atoms with van der Waals surface area (Å²) in [5.74, 6) is -1.03. The molecule has 1 fully saturated rings. The average Bonchev–Trinajstić information content (AvgIpc) is 3.39. The van der Waals surface area contributed by atoms with E-state index in [-0.39, 0.29) is 11.1 Å². The Kier molecular flexibility index (Phi) is 5.79. The third-order valence-electron chi connectivity index (χ3n) is 6.83. The highest BCUT2D eigenvalue weighted by Crippen LogP contribution is 2.33. The zero-order valence-electron chi connectivity index (χ0n) is 19.5. The molecule has 0 aliphatic carbocycles. The fourth-order valence-electron chi connectivity index (χ4n) is 5.11. The van der Waals surface area contributed by atoms with Crippen LogP contribution in [0.1, 0.15) is 16.1 Å². The van der Waals surface area contributed by atoms with Crippen molar-refractivity contribution >= 4 is 28.9 Å². The predicted molar refractivity (Wildman–Crippen MR) is 141 cm³/mol. The SMILES string of the molecule is O=C(O)c1c(CN2CCN(C3=CC=CN4SNC=C34)CC2)n(-c2ccccc2)c(=O)c2ccccc12. The van der Waals surface area contributed by atoms with Gasteiger partial charge in [-0.1, -0.05) is 36.4 Å². The Morgan fingerprint density at radius 2 is 1.67 bits per heavy atom. The number of nitrogens with zero attached hydrogens (tertiary/aromatic N) is 4. The summed E-state index contributed by atoms with van der Waals surface area (Å²) >= 11 is 1.54. The summed E-state index contributed by atoms with van der Waals surface area (Å²) in [7, 11) is 0. The molecule has 2 aromatic carbocycles. The van der Waals surface area contributed by atoms with Gasteiger partial charge in [0.2, 0.25) is 0 Å². The van der Waals surface area contributed by atoms with Crippen molar-refractivity contribution in [3.63, 3.8) is 0 Å². The van der Waals surface area contributed by atoms with Crippen molar-refractivity contribution in [2.75, 3.05) is 26.2 Å². The van der Waals surface area contributed by atoms with Crippen LogP contribution in [-0.4, -0.2) is 55.9 Å². The summed E-state index contributed by atoms with van der Waals surface area (Å²) in [5.41, 5.74) is 3.47. The second-order valence-corrected chi connectivity index (χ2v) is 9.68. The van der Waals surface area contributed by atoms with Gasteiger partial charge in [0.05, 0.1) is 34.8 Å². The van der Waals surface area contributed by atoms with Gasteiger partial charge in [-0.2, -0.15) is 0 Å². The summed E-state index contributed by atoms with van der Waals surface area (Å²) < 4.78 is 6.88. The molecule has 0 amide bonds. The Hall–Kier alpha value is -3.95. The molecule has 182 valence electrons. The fourth-order valence-corrected chi connectivity index (χ4v) is 5.76. The van der Waals surface area contributed by atoms with Crippen molar-refractivity contribution in [3.8, 4) is 5.69 Å². The van der Waals surface area contributed by atoms with Crippen LogP contribution < -0.4 is 10.3 Å². The largest absolute Gasteiger partial charge is 0.478 e. The van der Waals surface area contributed by atoms with Crippen molar-refractivity contribution in [1.29, 1.82) is 0 Å². The molecule has 1 aromatic heterocycles. The normalized spacial score (nSPS) is 17.6. The maximum absolute atomic E-state index is 13.6. The summed E-state index contributed by atoms with van der Waals surface area (Å²) in [5, 5.41) is 11.2. The number of aromatic nitrogens is 1. The lowest BCUT2D eigenvalue weighted by atomic mass is 10.0. The highest BCUT2D eigenvalue weighted by atomic mass is 32.2. The van der Waals surface area contributed by atoms with Crippen LogP contribution in [0.5, 0.6) is 0 Å². The average molecular weight is 500 g/mol. The molecule has 36 heavy (non-hydrogen) atoms. The fraction of sp³-hybridized carbons (Fsp3) is 0.185. The lowest BCUT2D eigenvalue weighted by Crippen LogP contribution is -2.47. The van der Waals surface area contributed by atoms with E-state index in [0.717, 1.165) is 31.9 Å². The Bertz CT molecular complexity index is 1490. The van der Waals surface area contributed by atoms with E-state index in [9.17, 15) is 14.7 Å². The third-order valence-corrected chi connectivity index (χ3v) is 7.56. The first kappa shape index (κ1) is 22.5. The van der Waals surface area contributed by atoms with E-state index in [4.69, 9.17) is 0 Å². The number of hydrogen-bond acceptors (Lipinski definition) is 7. The monoisotopic (exact) mass is 499 g/mol. The summed E-state index contributed by atoms with van der Waals surface area (Å²) in [6.45, 7) is 3.49. The molecule has 3 aliphatic rings. The quantitative estimate of drug-likeness (QED) is 0.516. The maximum atomic E-state index is 13.6. The topological polar surface area (TPSA) is 81.1 Å². The zero-order valence-corrected chi connectivity index (χ0v) is 20.3. The van der Waals surface area contributed by atoms with Crippen LogP contribution in [0.3, 0.4) is 0 Å². The summed E-state index contributed by atoms with van der Waals surface area (Å²) in [6, 6.07) is 16.3. The maximum Gasteiger partial charge on any atom is 0.338 e. The van der Waals surface area contributed by atoms with Gasteiger partial charge in [0.25, 0.3) is 5.56 Å². The minimum Gasteiger partial charge on any atom is -0.478 e. The number of aromatic carboxylic acids is 1. The molecule has 0 spiro atoms. The number of fused-ring (bicyclic) bond motifs is 2. The van der Waals surface area contributed by atoms with Gasteiger partial charge in [-0.15, -0.1) is 0 Å². The van der Waals surface area contributed by atoms with Crippen LogP contribution >= 0.6 is 12.1 Å². The van der Waals surface area contributed by atoms with Gasteiger partial charge in [-0.3, -0.25) is 18.6 Å². The smallest absolute Gasteiger partial charge is 0.338 e. The van der Waals surface area contributed by atoms with Crippen molar-refractivity contribution in [2.24, 2.45) is 0 Å². The lowest BCUT2D eigenvalue weighted by Gasteiger charge is -2.39. The number of carboxylic acid groups (broad SMARTS) is 1. The standard InChI is InChI=1S/C27H25N5O3S/c33-26-21-10-5-4-9-20(21)25(27(34)35)24(32(26)19-7-2-1-3-8-19)18-29-13-15-30(16-14-29)22-11-6-12-31-23(22)17-28-36-31/h1-12,17,28H,13-16,18H2,(H,34,35). The van der Waals surface area contributed by atoms with E-state index in [1.54, 1.807) is 41.0 Å². The summed E-state index contributed by atoms with van der Waals surface area (Å²) in [6.07, 6.45) is 8.22. The second-order valence-electron chi connectivity index (χ2n) is 8.87. The first-order valence-corrected chi connectivity index (χ1v) is 12.6. The Labute approximate surface area is 212 Å². The van der Waals surface area contributed by atoms with Gasteiger partial charge in [0.1, 0.15) is 0 Å². The number of allylic oxidation sites excluding steroid dienone is 2. The van der Waals surface area contributed by atoms with Crippen LogP contribution in [0.4, 0.5) is 0 Å². The van der Waals surface area contributed by atoms with Crippen LogP contribution in [0, 0.1) is 0 Å². The predicted octanol–water partition coefficient (Wildman–Crippen LogP) is 3.53. The molecule has 0 bridgehead atoms. The Balaban J connectivity index is 1.35. The van der Waals surface area contributed by atoms with Crippen LogP contribution in [0.25, 0.3) is 16.5 Å². The number of carbonyl (C=O) groups is 1. The van der Waals surface area contributed by atoms with Crippen LogP contribution in [0.2, 0.25) is 0 Å². The van der Waals surface area contributed by atoms with Crippen LogP contribution in [0.15, 0.2) is 95.3 Å². The van der Waals surface area contributed by atoms with Gasteiger partial charge in [0.15, 0.2) is 0 Å². The number of piperazine rings is 1. The number of hydrogen-bond donors (Lipinski definition) is 2. The van der Waals surface area contributed by atoms with Gasteiger partial charge < -0.3 is 14.7 Å². The van der Waals surface area contributed by atoms with E-state index in [0.29, 0.717) is 28.7 Å². The molecular formula is C27H25N5O3S. The highest BCUT2D eigenvalue weighted by molar-refractivity contribution is 7.95. The highest BCUT2D eigenvalue weighted by Gasteiger charge is 2.29. The second kappa shape index (κ2) is 9.25. The number of carboxylic acids is 1. The molecule has 6 rings (SSSR count). The third kappa shape index (κ3) is 3.86. The minimum absolute atomic E-state index is 0.187. The minimum atomic E-state index is -1.03. The van der Waals surface area contributed by atoms with E-state index < -0.39 is 5.97 Å². The number of rotatable bonds is 5. The molecule has 8 nitrogen and oxygen atoms in total. The van der Waals surface area contributed by atoms with Gasteiger partial charge in [0, 0.05) is 61.6 Å². The van der Waals surface area contributed by atoms with Gasteiger partial charge in [-0.05, 0) is 30.4 Å². The molecule has 4 heterocycles. The van der Waals surface area contributed by atoms with E-state index in [1.165, 1.54) is 5.70 Å². The van der Waals surface area contributed by atoms with Crippen molar-refractivity contribution in [1.82, 2.24) is 23.4 Å². The first-order valence-electron chi connectivity index (χ1n) is 11.9. The number of benzene rings is 2. The number of para-hydroxylation sites is 1. The molecule has 2 N–H and O–H groups in total. The van der Waals surface area contributed by atoms with E-state index >= 15 is 0 Å². The lowest BCUT2D eigenvalue weighted by molar-refractivity contribution is 0.0694. The number of pyridine rings is 1. The summed E-state index contributed by atoms with van der Waals surface area (Å²) in [4.78, 5) is 30.8. The Morgan fingerprint density at radius 3 is 2.42 bits per heavy atom. The van der Waals surface area contributed by atoms with Crippen molar-refractivity contribution in [3.05, 3.63) is 112 Å². The molecule has 1 saturated heterocycles. The Morgan fingerprint density at radius 1 is 0.944 bits per heavy atom. The van der Waals surface area contributed by atoms with Crippen molar-refractivity contribution in [2.45, 2.75) is 6.54 Å². The van der Waals surface area contributed by atoms with Crippen LogP contribution in [-0.2, 0) is 6.54 Å². The van der Waals surface area contributed by atoms with E-state index in [1.807, 2.05) is 48.8 Å². The molecule has 3 aliphatic heterocycles. The zero-order chi connectivity index (χ0) is 24.6. The molecule has 0 saturated carbocycles. The van der Waals surface area contributed by atoms with Crippen molar-refractivity contribution < 1.29 is 9.90 Å². The number of nitrogens with one attached hydrogen (secondary N) is 1. The first-order chi connectivity index (χ1) is 17.6. The molecule has 0 atom stereocenters. The molecular weight excluding hydrogens is 474 g/mol. The van der Waals surface area contributed by atoms with Gasteiger partial charge in [-0.25, -0.2) is 4.79 Å². The molecule has 3 aromatic rings. The van der Waals surface area contributed by atoms with E-state index in [2.05, 4.69) is 24.9 Å². The molecule has 9 heteroatoms. The molecule has 0 radical (unpaired) electrons. The van der Waals surface area contributed by atoms with Gasteiger partial charge >= 0.3 is 5.97 Å².